The molecule has 0 amide bonds. The molecule has 0 aliphatic rings. The van der Waals surface area contributed by atoms with E-state index in [4.69, 9.17) is 0 Å². The maximum absolute atomic E-state index is 4.53. The summed E-state index contributed by atoms with van der Waals surface area (Å²) in [5.41, 5.74) is 2.21. The topological polar surface area (TPSA) is 42.7 Å². The van der Waals surface area contributed by atoms with Crippen molar-refractivity contribution in [1.29, 1.82) is 0 Å². The van der Waals surface area contributed by atoms with Gasteiger partial charge in [0.1, 0.15) is 5.82 Å². The quantitative estimate of drug-likeness (QED) is 0.916. The zero-order chi connectivity index (χ0) is 13.9. The third-order valence-corrected chi connectivity index (χ3v) is 2.86. The molecule has 0 unspecified atom stereocenters. The van der Waals surface area contributed by atoms with E-state index in [-0.39, 0.29) is 5.54 Å². The van der Waals surface area contributed by atoms with Crippen molar-refractivity contribution in [3.8, 4) is 0 Å². The highest BCUT2D eigenvalue weighted by atomic mass is 15.1. The van der Waals surface area contributed by atoms with Gasteiger partial charge in [-0.15, -0.1) is 0 Å². The molecule has 0 fully saturated rings. The molecule has 2 heterocycles. The first-order valence-electron chi connectivity index (χ1n) is 6.62. The lowest BCUT2D eigenvalue weighted by atomic mass is 10.1. The first-order valence-corrected chi connectivity index (χ1v) is 6.62. The highest BCUT2D eigenvalue weighted by Gasteiger charge is 2.11. The number of imidazole rings is 1. The van der Waals surface area contributed by atoms with Crippen molar-refractivity contribution in [3.63, 3.8) is 0 Å². The largest absolute Gasteiger partial charge is 0.328 e. The zero-order valence-electron chi connectivity index (χ0n) is 12.1. The monoisotopic (exact) mass is 258 g/mol. The van der Waals surface area contributed by atoms with Crippen LogP contribution in [0.4, 0.5) is 0 Å². The molecular weight excluding hydrogens is 236 g/mol. The van der Waals surface area contributed by atoms with E-state index >= 15 is 0 Å². The average molecular weight is 258 g/mol. The van der Waals surface area contributed by atoms with E-state index in [1.165, 1.54) is 0 Å². The Balaban J connectivity index is 2.07. The van der Waals surface area contributed by atoms with Gasteiger partial charge in [0.15, 0.2) is 0 Å². The average Bonchev–Trinajstić information content (AvgIpc) is 2.73. The Bertz CT molecular complexity index is 537. The van der Waals surface area contributed by atoms with E-state index < -0.39 is 0 Å². The fourth-order valence-electron chi connectivity index (χ4n) is 1.86. The highest BCUT2D eigenvalue weighted by molar-refractivity contribution is 5.11. The second-order valence-electron chi connectivity index (χ2n) is 5.85. The second-order valence-corrected chi connectivity index (χ2v) is 5.85. The Morgan fingerprint density at radius 1 is 1.26 bits per heavy atom. The van der Waals surface area contributed by atoms with Crippen LogP contribution in [-0.4, -0.2) is 20.1 Å². The summed E-state index contributed by atoms with van der Waals surface area (Å²) in [6.45, 7) is 10.0. The first kappa shape index (κ1) is 13.7. The summed E-state index contributed by atoms with van der Waals surface area (Å²) >= 11 is 0. The standard InChI is InChI=1S/C15H22N4/c1-12-6-5-7-13(18-12)11-19-9-8-16-14(19)10-17-15(2,3)4/h5-9,17H,10-11H2,1-4H3. The van der Waals surface area contributed by atoms with Crippen molar-refractivity contribution in [2.45, 2.75) is 46.3 Å². The van der Waals surface area contributed by atoms with Gasteiger partial charge < -0.3 is 9.88 Å². The molecule has 0 aliphatic carbocycles. The second kappa shape index (κ2) is 5.53. The van der Waals surface area contributed by atoms with E-state index in [2.05, 4.69) is 40.6 Å². The van der Waals surface area contributed by atoms with Crippen LogP contribution in [0.2, 0.25) is 0 Å². The molecule has 0 aliphatic heterocycles. The van der Waals surface area contributed by atoms with Gasteiger partial charge in [0.25, 0.3) is 0 Å². The lowest BCUT2D eigenvalue weighted by Gasteiger charge is -2.20. The maximum Gasteiger partial charge on any atom is 0.123 e. The van der Waals surface area contributed by atoms with Gasteiger partial charge in [-0.3, -0.25) is 4.98 Å². The molecule has 0 spiro atoms. The lowest BCUT2D eigenvalue weighted by Crippen LogP contribution is -2.36. The molecule has 2 rings (SSSR count). The minimum atomic E-state index is 0.0956. The molecule has 0 radical (unpaired) electrons. The first-order chi connectivity index (χ1) is 8.94. The van der Waals surface area contributed by atoms with Crippen molar-refractivity contribution < 1.29 is 0 Å². The Morgan fingerprint density at radius 2 is 2.05 bits per heavy atom. The van der Waals surface area contributed by atoms with Gasteiger partial charge in [-0.2, -0.15) is 0 Å². The molecule has 0 bridgehead atoms. The normalized spacial score (nSPS) is 11.8. The summed E-state index contributed by atoms with van der Waals surface area (Å²) in [6, 6.07) is 6.11. The van der Waals surface area contributed by atoms with Gasteiger partial charge in [0, 0.05) is 23.6 Å². The van der Waals surface area contributed by atoms with Crippen molar-refractivity contribution in [2.75, 3.05) is 0 Å². The van der Waals surface area contributed by atoms with Gasteiger partial charge in [0.2, 0.25) is 0 Å². The van der Waals surface area contributed by atoms with Crippen LogP contribution in [0.15, 0.2) is 30.6 Å². The van der Waals surface area contributed by atoms with E-state index in [1.807, 2.05) is 37.5 Å². The van der Waals surface area contributed by atoms with Gasteiger partial charge in [-0.05, 0) is 39.8 Å². The minimum absolute atomic E-state index is 0.0956. The highest BCUT2D eigenvalue weighted by Crippen LogP contribution is 2.06. The zero-order valence-corrected chi connectivity index (χ0v) is 12.1. The number of nitrogens with zero attached hydrogens (tertiary/aromatic N) is 3. The summed E-state index contributed by atoms with van der Waals surface area (Å²) in [5, 5.41) is 3.46. The molecule has 1 N–H and O–H groups in total. The van der Waals surface area contributed by atoms with Gasteiger partial charge >= 0.3 is 0 Å². The Morgan fingerprint density at radius 3 is 2.74 bits per heavy atom. The van der Waals surface area contributed by atoms with E-state index in [1.54, 1.807) is 0 Å². The van der Waals surface area contributed by atoms with Gasteiger partial charge in [-0.1, -0.05) is 6.07 Å². The predicted molar refractivity (Wildman–Crippen MR) is 76.9 cm³/mol. The minimum Gasteiger partial charge on any atom is -0.328 e. The SMILES string of the molecule is Cc1cccc(Cn2ccnc2CNC(C)(C)C)n1. The fourth-order valence-corrected chi connectivity index (χ4v) is 1.86. The van der Waals surface area contributed by atoms with Crippen LogP contribution in [0.25, 0.3) is 0 Å². The van der Waals surface area contributed by atoms with Gasteiger partial charge in [0.05, 0.1) is 18.8 Å². The van der Waals surface area contributed by atoms with Crippen molar-refractivity contribution >= 4 is 0 Å². The molecule has 0 atom stereocenters. The fraction of sp³-hybridized carbons (Fsp3) is 0.467. The molecule has 0 saturated carbocycles. The number of rotatable bonds is 4. The Labute approximate surface area is 114 Å². The maximum atomic E-state index is 4.53. The molecule has 0 aromatic carbocycles. The molecule has 2 aromatic heterocycles. The summed E-state index contributed by atoms with van der Waals surface area (Å²) in [4.78, 5) is 8.94. The number of aryl methyl sites for hydroxylation is 1. The molecule has 4 nitrogen and oxygen atoms in total. The lowest BCUT2D eigenvalue weighted by molar-refractivity contribution is 0.413. The molecule has 0 saturated heterocycles. The Hall–Kier alpha value is -1.68. The van der Waals surface area contributed by atoms with Crippen molar-refractivity contribution in [3.05, 3.63) is 47.8 Å². The number of aromatic nitrogens is 3. The van der Waals surface area contributed by atoms with Crippen LogP contribution in [0.5, 0.6) is 0 Å². The third kappa shape index (κ3) is 4.17. The predicted octanol–water partition coefficient (Wildman–Crippen LogP) is 2.52. The van der Waals surface area contributed by atoms with Crippen LogP contribution in [0.1, 0.15) is 38.0 Å². The third-order valence-electron chi connectivity index (χ3n) is 2.86. The smallest absolute Gasteiger partial charge is 0.123 e. The van der Waals surface area contributed by atoms with Crippen molar-refractivity contribution in [2.24, 2.45) is 0 Å². The molecular formula is C15H22N4. The molecule has 2 aromatic rings. The van der Waals surface area contributed by atoms with Crippen molar-refractivity contribution in [1.82, 2.24) is 19.9 Å². The summed E-state index contributed by atoms with van der Waals surface area (Å²) in [7, 11) is 0. The number of nitrogens with one attached hydrogen (secondary N) is 1. The van der Waals surface area contributed by atoms with Crippen LogP contribution in [0, 0.1) is 6.92 Å². The number of pyridine rings is 1. The van der Waals surface area contributed by atoms with E-state index in [0.29, 0.717) is 0 Å². The van der Waals surface area contributed by atoms with Crippen LogP contribution < -0.4 is 5.32 Å². The van der Waals surface area contributed by atoms with Gasteiger partial charge in [-0.25, -0.2) is 4.98 Å². The summed E-state index contributed by atoms with van der Waals surface area (Å²) in [5.74, 6) is 1.04. The molecule has 19 heavy (non-hydrogen) atoms. The van der Waals surface area contributed by atoms with E-state index in [0.717, 1.165) is 30.3 Å². The molecule has 102 valence electrons. The summed E-state index contributed by atoms with van der Waals surface area (Å²) in [6.07, 6.45) is 3.85. The Kier molecular flexibility index (Phi) is 4.00. The summed E-state index contributed by atoms with van der Waals surface area (Å²) < 4.78 is 2.14. The number of hydrogen-bond acceptors (Lipinski definition) is 3. The van der Waals surface area contributed by atoms with Crippen LogP contribution in [0.3, 0.4) is 0 Å². The molecule has 4 heteroatoms. The van der Waals surface area contributed by atoms with E-state index in [9.17, 15) is 0 Å². The van der Waals surface area contributed by atoms with Crippen LogP contribution in [-0.2, 0) is 13.1 Å². The van der Waals surface area contributed by atoms with Crippen LogP contribution >= 0.6 is 0 Å². The number of hydrogen-bond donors (Lipinski definition) is 1.